The summed E-state index contributed by atoms with van der Waals surface area (Å²) in [6, 6.07) is 14.7. The van der Waals surface area contributed by atoms with E-state index in [1.165, 1.54) is 17.2 Å². The third kappa shape index (κ3) is 3.14. The van der Waals surface area contributed by atoms with Gasteiger partial charge in [-0.3, -0.25) is 0 Å². The van der Waals surface area contributed by atoms with Crippen LogP contribution in [0.4, 0.5) is 0 Å². The Morgan fingerprint density at radius 3 is 2.71 bits per heavy atom. The third-order valence-electron chi connectivity index (χ3n) is 3.50. The van der Waals surface area contributed by atoms with Crippen LogP contribution in [-0.2, 0) is 6.54 Å². The van der Waals surface area contributed by atoms with E-state index in [1.54, 1.807) is 0 Å². The molecule has 0 saturated heterocycles. The summed E-state index contributed by atoms with van der Waals surface area (Å²) in [7, 11) is 0. The van der Waals surface area contributed by atoms with E-state index in [1.807, 2.05) is 0 Å². The molecule has 1 aromatic heterocycles. The second-order valence-electron chi connectivity index (χ2n) is 5.71. The lowest BCUT2D eigenvalue weighted by Crippen LogP contribution is -2.19. The molecule has 1 N–H and O–H groups in total. The molecule has 0 spiro atoms. The number of rotatable bonds is 5. The minimum atomic E-state index is 0.626. The van der Waals surface area contributed by atoms with Gasteiger partial charge < -0.3 is 9.73 Å². The van der Waals surface area contributed by atoms with E-state index in [-0.39, 0.29) is 0 Å². The van der Waals surface area contributed by atoms with E-state index in [0.717, 1.165) is 30.1 Å². The lowest BCUT2D eigenvalue weighted by atomic mass is 10.0. The predicted molar refractivity (Wildman–Crippen MR) is 86.0 cm³/mol. The first kappa shape index (κ1) is 13.8. The van der Waals surface area contributed by atoms with Crippen LogP contribution in [0.25, 0.3) is 22.1 Å². The Morgan fingerprint density at radius 1 is 1.10 bits per heavy atom. The van der Waals surface area contributed by atoms with Gasteiger partial charge in [-0.15, -0.1) is 0 Å². The van der Waals surface area contributed by atoms with Crippen molar-refractivity contribution in [3.05, 3.63) is 54.6 Å². The molecule has 0 bridgehead atoms. The zero-order chi connectivity index (χ0) is 14.7. The van der Waals surface area contributed by atoms with Gasteiger partial charge in [-0.05, 0) is 29.3 Å². The minimum absolute atomic E-state index is 0.626. The molecule has 0 saturated carbocycles. The van der Waals surface area contributed by atoms with Crippen LogP contribution in [0, 0.1) is 5.92 Å². The Balaban J connectivity index is 1.86. The van der Waals surface area contributed by atoms with Crippen molar-refractivity contribution >= 4 is 10.8 Å². The van der Waals surface area contributed by atoms with Crippen LogP contribution in [0.2, 0.25) is 0 Å². The average molecular weight is 280 g/mol. The fraction of sp³-hybridized carbons (Fsp3) is 0.278. The fourth-order valence-corrected chi connectivity index (χ4v) is 2.44. The van der Waals surface area contributed by atoms with Crippen LogP contribution in [0.15, 0.2) is 53.3 Å². The van der Waals surface area contributed by atoms with Crippen LogP contribution in [0.5, 0.6) is 0 Å². The Bertz CT molecular complexity index is 731. The number of aromatic nitrogens is 1. The molecule has 0 unspecified atom stereocenters. The lowest BCUT2D eigenvalue weighted by molar-refractivity contribution is 0.545. The number of oxazole rings is 1. The van der Waals surface area contributed by atoms with Gasteiger partial charge in [-0.25, -0.2) is 4.98 Å². The molecule has 3 aromatic rings. The summed E-state index contributed by atoms with van der Waals surface area (Å²) < 4.78 is 5.61. The van der Waals surface area contributed by atoms with Crippen molar-refractivity contribution in [1.82, 2.24) is 10.3 Å². The summed E-state index contributed by atoms with van der Waals surface area (Å²) in [5.41, 5.74) is 2.04. The highest BCUT2D eigenvalue weighted by Gasteiger charge is 2.11. The van der Waals surface area contributed by atoms with E-state index in [0.29, 0.717) is 5.92 Å². The summed E-state index contributed by atoms with van der Waals surface area (Å²) in [6.45, 7) is 6.10. The average Bonchev–Trinajstić information content (AvgIpc) is 2.95. The molecule has 0 fully saturated rings. The molecular formula is C18H20N2O. The Kier molecular flexibility index (Phi) is 4.02. The van der Waals surface area contributed by atoms with E-state index >= 15 is 0 Å². The second-order valence-corrected chi connectivity index (χ2v) is 5.71. The molecule has 0 aliphatic rings. The summed E-state index contributed by atoms with van der Waals surface area (Å²) in [4.78, 5) is 4.34. The number of fused-ring (bicyclic) bond motifs is 1. The van der Waals surface area contributed by atoms with Gasteiger partial charge in [0.2, 0.25) is 0 Å². The van der Waals surface area contributed by atoms with Crippen LogP contribution in [-0.4, -0.2) is 11.5 Å². The molecule has 108 valence electrons. The normalized spacial score (nSPS) is 11.4. The molecule has 3 nitrogen and oxygen atoms in total. The van der Waals surface area contributed by atoms with Crippen molar-refractivity contribution < 1.29 is 4.42 Å². The van der Waals surface area contributed by atoms with Gasteiger partial charge in [-0.1, -0.05) is 50.2 Å². The van der Waals surface area contributed by atoms with Gasteiger partial charge >= 0.3 is 0 Å². The third-order valence-corrected chi connectivity index (χ3v) is 3.50. The van der Waals surface area contributed by atoms with Crippen molar-refractivity contribution in [2.75, 3.05) is 6.54 Å². The zero-order valence-corrected chi connectivity index (χ0v) is 12.5. The van der Waals surface area contributed by atoms with Gasteiger partial charge in [0, 0.05) is 12.1 Å². The number of hydrogen-bond acceptors (Lipinski definition) is 3. The zero-order valence-electron chi connectivity index (χ0n) is 12.5. The number of benzene rings is 2. The highest BCUT2D eigenvalue weighted by Crippen LogP contribution is 2.26. The minimum Gasteiger partial charge on any atom is -0.443 e. The molecule has 3 heteroatoms. The Morgan fingerprint density at radius 2 is 1.90 bits per heavy atom. The van der Waals surface area contributed by atoms with Crippen molar-refractivity contribution in [1.29, 1.82) is 0 Å². The Hall–Kier alpha value is -2.13. The maximum atomic E-state index is 5.61. The first-order valence-corrected chi connectivity index (χ1v) is 7.36. The highest BCUT2D eigenvalue weighted by molar-refractivity contribution is 5.86. The lowest BCUT2D eigenvalue weighted by Gasteiger charge is -2.07. The first-order chi connectivity index (χ1) is 10.2. The van der Waals surface area contributed by atoms with Crippen LogP contribution < -0.4 is 5.32 Å². The van der Waals surface area contributed by atoms with Crippen LogP contribution in [0.1, 0.15) is 19.5 Å². The summed E-state index contributed by atoms with van der Waals surface area (Å²) in [5, 5.41) is 5.86. The number of nitrogens with one attached hydrogen (secondary N) is 1. The Labute approximate surface area is 125 Å². The molecule has 2 aromatic carbocycles. The molecule has 1 heterocycles. The van der Waals surface area contributed by atoms with Gasteiger partial charge in [0.15, 0.2) is 12.2 Å². The van der Waals surface area contributed by atoms with Gasteiger partial charge in [0.05, 0.1) is 0 Å². The fourth-order valence-electron chi connectivity index (χ4n) is 2.44. The number of hydrogen-bond donors (Lipinski definition) is 1. The molecule has 0 amide bonds. The van der Waals surface area contributed by atoms with Crippen molar-refractivity contribution in [2.45, 2.75) is 20.4 Å². The largest absolute Gasteiger partial charge is 0.443 e. The maximum Gasteiger partial charge on any atom is 0.181 e. The molecule has 0 aliphatic carbocycles. The molecule has 21 heavy (non-hydrogen) atoms. The molecule has 0 aliphatic heterocycles. The molecule has 0 atom stereocenters. The van der Waals surface area contributed by atoms with Gasteiger partial charge in [0.1, 0.15) is 5.69 Å². The van der Waals surface area contributed by atoms with Crippen LogP contribution >= 0.6 is 0 Å². The molecule has 3 rings (SSSR count). The second kappa shape index (κ2) is 6.10. The maximum absolute atomic E-state index is 5.61. The predicted octanol–water partition coefficient (Wildman–Crippen LogP) is 4.24. The van der Waals surface area contributed by atoms with Gasteiger partial charge in [-0.2, -0.15) is 0 Å². The molecular weight excluding hydrogens is 260 g/mol. The summed E-state index contributed by atoms with van der Waals surface area (Å²) in [6.07, 6.45) is 1.52. The quantitative estimate of drug-likeness (QED) is 0.759. The highest BCUT2D eigenvalue weighted by atomic mass is 16.3. The van der Waals surface area contributed by atoms with Crippen molar-refractivity contribution in [3.8, 4) is 11.3 Å². The smallest absolute Gasteiger partial charge is 0.181 e. The summed E-state index contributed by atoms with van der Waals surface area (Å²) >= 11 is 0. The first-order valence-electron chi connectivity index (χ1n) is 7.36. The topological polar surface area (TPSA) is 38.1 Å². The van der Waals surface area contributed by atoms with E-state index in [2.05, 4.69) is 66.6 Å². The van der Waals surface area contributed by atoms with E-state index < -0.39 is 0 Å². The standard InChI is InChI=1S/C18H20N2O/c1-13(2)10-19-11-17-18(21-12-20-17)16-8-7-14-5-3-4-6-15(14)9-16/h3-9,12-13,19H,10-11H2,1-2H3. The SMILES string of the molecule is CC(C)CNCc1ncoc1-c1ccc2ccccc2c1. The van der Waals surface area contributed by atoms with E-state index in [4.69, 9.17) is 4.42 Å². The van der Waals surface area contributed by atoms with Gasteiger partial charge in [0.25, 0.3) is 0 Å². The summed E-state index contributed by atoms with van der Waals surface area (Å²) in [5.74, 6) is 1.48. The van der Waals surface area contributed by atoms with Crippen molar-refractivity contribution in [2.24, 2.45) is 5.92 Å². The monoisotopic (exact) mass is 280 g/mol. The van der Waals surface area contributed by atoms with Crippen LogP contribution in [0.3, 0.4) is 0 Å². The number of nitrogens with zero attached hydrogens (tertiary/aromatic N) is 1. The van der Waals surface area contributed by atoms with E-state index in [9.17, 15) is 0 Å². The van der Waals surface area contributed by atoms with Crippen molar-refractivity contribution in [3.63, 3.8) is 0 Å². The molecule has 0 radical (unpaired) electrons.